The van der Waals surface area contributed by atoms with Crippen LogP contribution in [0.3, 0.4) is 0 Å². The van der Waals surface area contributed by atoms with Gasteiger partial charge in [0, 0.05) is 11.1 Å². The zero-order chi connectivity index (χ0) is 12.7. The van der Waals surface area contributed by atoms with Gasteiger partial charge in [-0.05, 0) is 18.2 Å². The maximum atomic E-state index is 13.2. The first-order valence-corrected chi connectivity index (χ1v) is 4.88. The maximum absolute atomic E-state index is 13.2. The zero-order valence-corrected chi connectivity index (χ0v) is 9.29. The number of benzene rings is 1. The fourth-order valence-electron chi connectivity index (χ4n) is 1.16. The Hall–Kier alpha value is -2.33. The number of ether oxygens (including phenoxy) is 1. The Kier molecular flexibility index (Phi) is 4.72. The molecule has 0 bridgehead atoms. The molecule has 86 valence electrons. The van der Waals surface area contributed by atoms with Crippen molar-refractivity contribution < 1.29 is 13.9 Å². The van der Waals surface area contributed by atoms with Crippen molar-refractivity contribution in [3.05, 3.63) is 35.1 Å². The van der Waals surface area contributed by atoms with Crippen molar-refractivity contribution >= 4 is 5.97 Å². The second kappa shape index (κ2) is 6.30. The molecule has 0 heterocycles. The van der Waals surface area contributed by atoms with Crippen LogP contribution < -0.4 is 0 Å². The summed E-state index contributed by atoms with van der Waals surface area (Å²) in [5, 5.41) is 8.50. The molecule has 0 aliphatic heterocycles. The molecular weight excluding hydrogens is 221 g/mol. The fraction of sp³-hybridized carbons (Fsp3) is 0.231. The highest BCUT2D eigenvalue weighted by atomic mass is 19.1. The van der Waals surface area contributed by atoms with Crippen LogP contribution in [-0.2, 0) is 16.0 Å². The van der Waals surface area contributed by atoms with Crippen molar-refractivity contribution in [1.82, 2.24) is 0 Å². The maximum Gasteiger partial charge on any atom is 0.317 e. The van der Waals surface area contributed by atoms with E-state index in [0.29, 0.717) is 11.1 Å². The summed E-state index contributed by atoms with van der Waals surface area (Å²) in [7, 11) is 1.28. The molecule has 0 aromatic heterocycles. The summed E-state index contributed by atoms with van der Waals surface area (Å²) in [4.78, 5) is 10.8. The lowest BCUT2D eigenvalue weighted by Gasteiger charge is -1.98. The molecule has 0 amide bonds. The number of esters is 1. The molecule has 0 unspecified atom stereocenters. The van der Waals surface area contributed by atoms with E-state index in [-0.39, 0.29) is 12.8 Å². The van der Waals surface area contributed by atoms with Gasteiger partial charge in [0.05, 0.1) is 19.6 Å². The SMILES string of the molecule is COC(=O)CC#Cc1ccc(F)c(CC#N)c1. The normalized spacial score (nSPS) is 8.76. The summed E-state index contributed by atoms with van der Waals surface area (Å²) in [5.41, 5.74) is 0.873. The van der Waals surface area contributed by atoms with Crippen LogP contribution in [0.25, 0.3) is 0 Å². The van der Waals surface area contributed by atoms with E-state index >= 15 is 0 Å². The molecule has 0 atom stereocenters. The third-order valence-electron chi connectivity index (χ3n) is 2.01. The fourth-order valence-corrected chi connectivity index (χ4v) is 1.16. The number of nitriles is 1. The molecule has 1 aromatic carbocycles. The minimum atomic E-state index is -0.426. The minimum absolute atomic E-state index is 0.00163. The number of carbonyl (C=O) groups excluding carboxylic acids is 1. The highest BCUT2D eigenvalue weighted by Gasteiger charge is 2.01. The van der Waals surface area contributed by atoms with E-state index in [1.807, 2.05) is 6.07 Å². The van der Waals surface area contributed by atoms with E-state index in [1.54, 1.807) is 0 Å². The summed E-state index contributed by atoms with van der Waals surface area (Å²) in [6.45, 7) is 0. The summed E-state index contributed by atoms with van der Waals surface area (Å²) < 4.78 is 17.6. The molecule has 1 aromatic rings. The molecule has 17 heavy (non-hydrogen) atoms. The summed E-state index contributed by atoms with van der Waals surface area (Å²) in [5.74, 6) is 4.47. The Labute approximate surface area is 98.8 Å². The number of hydrogen-bond acceptors (Lipinski definition) is 3. The molecule has 0 spiro atoms. The van der Waals surface area contributed by atoms with Crippen molar-refractivity contribution in [3.8, 4) is 17.9 Å². The Morgan fingerprint density at radius 1 is 1.53 bits per heavy atom. The van der Waals surface area contributed by atoms with E-state index in [9.17, 15) is 9.18 Å². The number of hydrogen-bond donors (Lipinski definition) is 0. The van der Waals surface area contributed by atoms with Crippen LogP contribution in [0.2, 0.25) is 0 Å². The number of carbonyl (C=O) groups is 1. The first-order chi connectivity index (χ1) is 8.17. The Morgan fingerprint density at radius 2 is 2.29 bits per heavy atom. The van der Waals surface area contributed by atoms with Crippen LogP contribution in [0.15, 0.2) is 18.2 Å². The van der Waals surface area contributed by atoms with Gasteiger partial charge in [0.15, 0.2) is 0 Å². The minimum Gasteiger partial charge on any atom is -0.468 e. The Balaban J connectivity index is 2.82. The van der Waals surface area contributed by atoms with Gasteiger partial charge in [0.1, 0.15) is 12.2 Å². The standard InChI is InChI=1S/C13H10FNO2/c1-17-13(16)4-2-3-10-5-6-12(14)11(9-10)7-8-15/h5-6,9H,4,7H2,1H3. The van der Waals surface area contributed by atoms with Gasteiger partial charge in [-0.3, -0.25) is 4.79 Å². The molecule has 0 fully saturated rings. The first-order valence-electron chi connectivity index (χ1n) is 4.88. The molecule has 0 saturated heterocycles. The molecular formula is C13H10FNO2. The van der Waals surface area contributed by atoms with Gasteiger partial charge in [-0.25, -0.2) is 4.39 Å². The molecule has 0 saturated carbocycles. The largest absolute Gasteiger partial charge is 0.468 e. The van der Waals surface area contributed by atoms with Gasteiger partial charge in [0.25, 0.3) is 0 Å². The molecule has 0 N–H and O–H groups in total. The number of nitrogens with zero attached hydrogens (tertiary/aromatic N) is 1. The quantitative estimate of drug-likeness (QED) is 0.576. The lowest BCUT2D eigenvalue weighted by Crippen LogP contribution is -1.97. The summed E-state index contributed by atoms with van der Waals surface area (Å²) in [6.07, 6.45) is -0.0141. The lowest BCUT2D eigenvalue weighted by atomic mass is 10.1. The van der Waals surface area contributed by atoms with E-state index in [4.69, 9.17) is 5.26 Å². The lowest BCUT2D eigenvalue weighted by molar-refractivity contribution is -0.139. The molecule has 3 nitrogen and oxygen atoms in total. The number of rotatable bonds is 2. The smallest absolute Gasteiger partial charge is 0.317 e. The van der Waals surface area contributed by atoms with Gasteiger partial charge >= 0.3 is 5.97 Å². The van der Waals surface area contributed by atoms with E-state index in [0.717, 1.165) is 0 Å². The van der Waals surface area contributed by atoms with E-state index < -0.39 is 11.8 Å². The van der Waals surface area contributed by atoms with Gasteiger partial charge < -0.3 is 4.74 Å². The predicted octanol–water partition coefficient (Wildman–Crippen LogP) is 1.81. The van der Waals surface area contributed by atoms with Gasteiger partial charge in [-0.15, -0.1) is 0 Å². The van der Waals surface area contributed by atoms with Crippen LogP contribution in [0.5, 0.6) is 0 Å². The van der Waals surface area contributed by atoms with Crippen molar-refractivity contribution in [1.29, 1.82) is 5.26 Å². The second-order valence-corrected chi connectivity index (χ2v) is 3.20. The second-order valence-electron chi connectivity index (χ2n) is 3.20. The van der Waals surface area contributed by atoms with Crippen molar-refractivity contribution in [2.45, 2.75) is 12.8 Å². The third kappa shape index (κ3) is 3.96. The average Bonchev–Trinajstić information content (AvgIpc) is 2.33. The van der Waals surface area contributed by atoms with Crippen LogP contribution >= 0.6 is 0 Å². The van der Waals surface area contributed by atoms with Crippen LogP contribution in [0.4, 0.5) is 4.39 Å². The summed E-state index contributed by atoms with van der Waals surface area (Å²) in [6, 6.07) is 6.14. The van der Waals surface area contributed by atoms with Gasteiger partial charge in [-0.2, -0.15) is 5.26 Å². The number of methoxy groups -OCH3 is 1. The average molecular weight is 231 g/mol. The molecule has 4 heteroatoms. The summed E-state index contributed by atoms with van der Waals surface area (Å²) >= 11 is 0. The van der Waals surface area contributed by atoms with Crippen LogP contribution in [-0.4, -0.2) is 13.1 Å². The highest BCUT2D eigenvalue weighted by Crippen LogP contribution is 2.10. The molecule has 0 radical (unpaired) electrons. The monoisotopic (exact) mass is 231 g/mol. The van der Waals surface area contributed by atoms with Crippen LogP contribution in [0.1, 0.15) is 17.5 Å². The highest BCUT2D eigenvalue weighted by molar-refractivity contribution is 5.72. The topological polar surface area (TPSA) is 50.1 Å². The van der Waals surface area contributed by atoms with Crippen molar-refractivity contribution in [3.63, 3.8) is 0 Å². The van der Waals surface area contributed by atoms with Gasteiger partial charge in [0.2, 0.25) is 0 Å². The third-order valence-corrected chi connectivity index (χ3v) is 2.01. The predicted molar refractivity (Wildman–Crippen MR) is 59.2 cm³/mol. The Morgan fingerprint density at radius 3 is 2.94 bits per heavy atom. The molecule has 1 rings (SSSR count). The zero-order valence-electron chi connectivity index (χ0n) is 9.29. The van der Waals surface area contributed by atoms with Crippen molar-refractivity contribution in [2.24, 2.45) is 0 Å². The molecule has 0 aliphatic rings. The Bertz CT molecular complexity index is 520. The van der Waals surface area contributed by atoms with E-state index in [2.05, 4.69) is 16.6 Å². The number of halogens is 1. The first kappa shape index (κ1) is 12.7. The van der Waals surface area contributed by atoms with Gasteiger partial charge in [-0.1, -0.05) is 11.8 Å². The van der Waals surface area contributed by atoms with Crippen LogP contribution in [0, 0.1) is 29.0 Å². The molecule has 0 aliphatic carbocycles. The van der Waals surface area contributed by atoms with Crippen molar-refractivity contribution in [2.75, 3.05) is 7.11 Å². The van der Waals surface area contributed by atoms with E-state index in [1.165, 1.54) is 25.3 Å².